The van der Waals surface area contributed by atoms with E-state index in [1.54, 1.807) is 0 Å². The van der Waals surface area contributed by atoms with Crippen molar-refractivity contribution < 1.29 is 5.11 Å². The van der Waals surface area contributed by atoms with Crippen LogP contribution in [0.4, 0.5) is 0 Å². The summed E-state index contributed by atoms with van der Waals surface area (Å²) in [7, 11) is 0. The summed E-state index contributed by atoms with van der Waals surface area (Å²) in [6.45, 7) is 2.07. The van der Waals surface area contributed by atoms with E-state index >= 15 is 0 Å². The highest BCUT2D eigenvalue weighted by Gasteiger charge is 2.03. The second-order valence-corrected chi connectivity index (χ2v) is 3.71. The maximum atomic E-state index is 9.54. The van der Waals surface area contributed by atoms with Crippen LogP contribution < -0.4 is 0 Å². The van der Waals surface area contributed by atoms with Crippen LogP contribution in [0.1, 0.15) is 25.3 Å². The highest BCUT2D eigenvalue weighted by Crippen LogP contribution is 2.12. The zero-order valence-electron chi connectivity index (χ0n) is 7.83. The average molecular weight is 199 g/mol. The van der Waals surface area contributed by atoms with Crippen molar-refractivity contribution in [1.29, 1.82) is 0 Å². The number of aliphatic hydroxyl groups excluding tert-OH is 1. The Bertz CT molecular complexity index is 243. The summed E-state index contributed by atoms with van der Waals surface area (Å²) in [5.74, 6) is 0. The van der Waals surface area contributed by atoms with Crippen molar-refractivity contribution in [1.82, 2.24) is 0 Å². The van der Waals surface area contributed by atoms with Crippen molar-refractivity contribution in [3.8, 4) is 0 Å². The van der Waals surface area contributed by atoms with E-state index in [0.29, 0.717) is 0 Å². The maximum Gasteiger partial charge on any atom is 0.0580 e. The molecule has 1 N–H and O–H groups in total. The van der Waals surface area contributed by atoms with Gasteiger partial charge >= 0.3 is 0 Å². The van der Waals surface area contributed by atoms with Crippen LogP contribution in [0.25, 0.3) is 0 Å². The fourth-order valence-electron chi connectivity index (χ4n) is 1.33. The van der Waals surface area contributed by atoms with Gasteiger partial charge in [0, 0.05) is 5.02 Å². The monoisotopic (exact) mass is 198 g/mol. The van der Waals surface area contributed by atoms with E-state index in [-0.39, 0.29) is 6.10 Å². The van der Waals surface area contributed by atoms with Crippen molar-refractivity contribution in [3.05, 3.63) is 34.9 Å². The number of hydrogen-bond acceptors (Lipinski definition) is 1. The molecule has 1 unspecified atom stereocenters. The van der Waals surface area contributed by atoms with Gasteiger partial charge in [-0.15, -0.1) is 0 Å². The highest BCUT2D eigenvalue weighted by molar-refractivity contribution is 6.30. The second-order valence-electron chi connectivity index (χ2n) is 3.27. The molecule has 0 bridgehead atoms. The summed E-state index contributed by atoms with van der Waals surface area (Å²) in [5, 5.41) is 10.3. The zero-order valence-corrected chi connectivity index (χ0v) is 8.59. The van der Waals surface area contributed by atoms with E-state index in [1.807, 2.05) is 24.3 Å². The fourth-order valence-corrected chi connectivity index (χ4v) is 1.45. The molecule has 1 atom stereocenters. The Morgan fingerprint density at radius 3 is 2.46 bits per heavy atom. The van der Waals surface area contributed by atoms with Gasteiger partial charge in [-0.2, -0.15) is 0 Å². The quantitative estimate of drug-likeness (QED) is 0.789. The first-order valence-corrected chi connectivity index (χ1v) is 5.02. The van der Waals surface area contributed by atoms with Crippen LogP contribution in [0.5, 0.6) is 0 Å². The molecule has 0 saturated carbocycles. The van der Waals surface area contributed by atoms with Crippen molar-refractivity contribution in [2.24, 2.45) is 0 Å². The molecular formula is C11H15ClO. The van der Waals surface area contributed by atoms with E-state index in [9.17, 15) is 5.11 Å². The Morgan fingerprint density at radius 2 is 1.92 bits per heavy atom. The molecule has 0 aliphatic heterocycles. The van der Waals surface area contributed by atoms with Crippen LogP contribution in [-0.2, 0) is 6.42 Å². The van der Waals surface area contributed by atoms with Crippen molar-refractivity contribution >= 4 is 11.6 Å². The third-order valence-electron chi connectivity index (χ3n) is 2.01. The summed E-state index contributed by atoms with van der Waals surface area (Å²) in [5.41, 5.74) is 1.14. The third kappa shape index (κ3) is 3.79. The minimum absolute atomic E-state index is 0.217. The molecule has 1 rings (SSSR count). The largest absolute Gasteiger partial charge is 0.393 e. The summed E-state index contributed by atoms with van der Waals surface area (Å²) >= 11 is 5.75. The molecule has 1 nitrogen and oxygen atoms in total. The summed E-state index contributed by atoms with van der Waals surface area (Å²) in [4.78, 5) is 0. The van der Waals surface area contributed by atoms with Gasteiger partial charge in [0.1, 0.15) is 0 Å². The van der Waals surface area contributed by atoms with Gasteiger partial charge in [0.2, 0.25) is 0 Å². The molecule has 13 heavy (non-hydrogen) atoms. The van der Waals surface area contributed by atoms with E-state index in [4.69, 9.17) is 11.6 Å². The molecule has 1 aromatic rings. The first-order valence-electron chi connectivity index (χ1n) is 4.65. The third-order valence-corrected chi connectivity index (χ3v) is 2.26. The van der Waals surface area contributed by atoms with E-state index < -0.39 is 0 Å². The van der Waals surface area contributed by atoms with Crippen LogP contribution in [0.2, 0.25) is 5.02 Å². The van der Waals surface area contributed by atoms with E-state index in [0.717, 1.165) is 29.8 Å². The molecular weight excluding hydrogens is 184 g/mol. The molecule has 0 aliphatic carbocycles. The molecule has 0 heterocycles. The van der Waals surface area contributed by atoms with E-state index in [2.05, 4.69) is 6.92 Å². The lowest BCUT2D eigenvalue weighted by atomic mass is 10.1. The molecule has 0 radical (unpaired) electrons. The Morgan fingerprint density at radius 1 is 1.31 bits per heavy atom. The maximum absolute atomic E-state index is 9.54. The van der Waals surface area contributed by atoms with Crippen LogP contribution in [0.3, 0.4) is 0 Å². The molecule has 2 heteroatoms. The van der Waals surface area contributed by atoms with Gasteiger partial charge in [-0.25, -0.2) is 0 Å². The lowest BCUT2D eigenvalue weighted by Gasteiger charge is -2.08. The molecule has 1 aromatic carbocycles. The Kier molecular flexibility index (Phi) is 4.26. The molecule has 0 aliphatic rings. The van der Waals surface area contributed by atoms with Crippen LogP contribution in [-0.4, -0.2) is 11.2 Å². The molecule has 0 spiro atoms. The smallest absolute Gasteiger partial charge is 0.0580 e. The van der Waals surface area contributed by atoms with Gasteiger partial charge in [-0.3, -0.25) is 0 Å². The van der Waals surface area contributed by atoms with Crippen LogP contribution >= 0.6 is 11.6 Å². The zero-order chi connectivity index (χ0) is 9.68. The lowest BCUT2D eigenvalue weighted by Crippen LogP contribution is -2.09. The number of hydrogen-bond donors (Lipinski definition) is 1. The Balaban J connectivity index is 2.49. The highest BCUT2D eigenvalue weighted by atomic mass is 35.5. The molecule has 0 fully saturated rings. The number of aliphatic hydroxyl groups is 1. The number of halogens is 1. The van der Waals surface area contributed by atoms with Gasteiger partial charge in [0.25, 0.3) is 0 Å². The summed E-state index contributed by atoms with van der Waals surface area (Å²) in [6.07, 6.45) is 2.40. The SMILES string of the molecule is CCCC(O)Cc1ccc(Cl)cc1. The van der Waals surface area contributed by atoms with Crippen LogP contribution in [0, 0.1) is 0 Å². The van der Waals surface area contributed by atoms with Crippen molar-refractivity contribution in [2.45, 2.75) is 32.3 Å². The Hall–Kier alpha value is -0.530. The summed E-state index contributed by atoms with van der Waals surface area (Å²) in [6, 6.07) is 7.63. The topological polar surface area (TPSA) is 20.2 Å². The van der Waals surface area contributed by atoms with E-state index in [1.165, 1.54) is 0 Å². The first-order chi connectivity index (χ1) is 6.22. The fraction of sp³-hybridized carbons (Fsp3) is 0.455. The molecule has 72 valence electrons. The van der Waals surface area contributed by atoms with Gasteiger partial charge in [-0.1, -0.05) is 37.1 Å². The minimum atomic E-state index is -0.217. The minimum Gasteiger partial charge on any atom is -0.393 e. The average Bonchev–Trinajstić information content (AvgIpc) is 2.09. The first kappa shape index (κ1) is 10.6. The predicted octanol–water partition coefficient (Wildman–Crippen LogP) is 3.04. The second kappa shape index (κ2) is 5.25. The molecule has 0 aromatic heterocycles. The Labute approximate surface area is 84.4 Å². The number of rotatable bonds is 4. The van der Waals surface area contributed by atoms with Gasteiger partial charge in [0.05, 0.1) is 6.10 Å². The molecule has 0 amide bonds. The standard InChI is InChI=1S/C11H15ClO/c1-2-3-11(13)8-9-4-6-10(12)7-5-9/h4-7,11,13H,2-3,8H2,1H3. The lowest BCUT2D eigenvalue weighted by molar-refractivity contribution is 0.164. The van der Waals surface area contributed by atoms with Gasteiger partial charge < -0.3 is 5.11 Å². The van der Waals surface area contributed by atoms with Gasteiger partial charge in [0.15, 0.2) is 0 Å². The number of benzene rings is 1. The predicted molar refractivity (Wildman–Crippen MR) is 56.1 cm³/mol. The van der Waals surface area contributed by atoms with Crippen molar-refractivity contribution in [3.63, 3.8) is 0 Å². The van der Waals surface area contributed by atoms with Gasteiger partial charge in [-0.05, 0) is 30.5 Å². The van der Waals surface area contributed by atoms with Crippen molar-refractivity contribution in [2.75, 3.05) is 0 Å². The summed E-state index contributed by atoms with van der Waals surface area (Å²) < 4.78 is 0. The molecule has 0 saturated heterocycles. The van der Waals surface area contributed by atoms with Crippen LogP contribution in [0.15, 0.2) is 24.3 Å². The normalized spacial score (nSPS) is 12.8.